The Morgan fingerprint density at radius 2 is 2.32 bits per heavy atom. The van der Waals surface area contributed by atoms with Crippen molar-refractivity contribution < 1.29 is 0 Å². The summed E-state index contributed by atoms with van der Waals surface area (Å²) < 4.78 is 2.11. The smallest absolute Gasteiger partial charge is 0.193 e. The van der Waals surface area contributed by atoms with Crippen molar-refractivity contribution in [2.75, 3.05) is 6.54 Å². The number of rotatable bonds is 2. The van der Waals surface area contributed by atoms with E-state index < -0.39 is 0 Å². The first kappa shape index (κ1) is 11.2. The van der Waals surface area contributed by atoms with Crippen molar-refractivity contribution in [3.63, 3.8) is 0 Å². The average Bonchev–Trinajstić information content (AvgIpc) is 3.00. The van der Waals surface area contributed by atoms with Crippen LogP contribution in [0.2, 0.25) is 0 Å². The van der Waals surface area contributed by atoms with Crippen LogP contribution in [0.4, 0.5) is 0 Å². The SMILES string of the molecule is c1ccc2c(c1)CCNC2Cc1cn2ccsc2n1. The molecule has 4 heteroatoms. The van der Waals surface area contributed by atoms with E-state index >= 15 is 0 Å². The summed E-state index contributed by atoms with van der Waals surface area (Å²) in [6.45, 7) is 1.06. The number of fused-ring (bicyclic) bond motifs is 2. The fourth-order valence-electron chi connectivity index (χ4n) is 2.86. The summed E-state index contributed by atoms with van der Waals surface area (Å²) in [5.41, 5.74) is 4.08. The highest BCUT2D eigenvalue weighted by Gasteiger charge is 2.20. The normalized spacial score (nSPS) is 18.6. The molecule has 4 rings (SSSR count). The fourth-order valence-corrected chi connectivity index (χ4v) is 3.58. The van der Waals surface area contributed by atoms with E-state index in [4.69, 9.17) is 0 Å². The molecule has 1 atom stereocenters. The Bertz CT molecular complexity index is 684. The molecule has 0 bridgehead atoms. The van der Waals surface area contributed by atoms with Crippen molar-refractivity contribution in [2.45, 2.75) is 18.9 Å². The van der Waals surface area contributed by atoms with Crippen LogP contribution in [0.1, 0.15) is 22.9 Å². The Balaban J connectivity index is 1.65. The van der Waals surface area contributed by atoms with Crippen LogP contribution >= 0.6 is 11.3 Å². The van der Waals surface area contributed by atoms with E-state index in [2.05, 4.69) is 56.7 Å². The highest BCUT2D eigenvalue weighted by Crippen LogP contribution is 2.26. The number of nitrogens with one attached hydrogen (secondary N) is 1. The van der Waals surface area contributed by atoms with Crippen molar-refractivity contribution in [1.82, 2.24) is 14.7 Å². The van der Waals surface area contributed by atoms with Gasteiger partial charge in [-0.25, -0.2) is 4.98 Å². The van der Waals surface area contributed by atoms with E-state index in [1.807, 2.05) is 0 Å². The molecule has 0 saturated heterocycles. The second kappa shape index (κ2) is 4.47. The molecule has 0 saturated carbocycles. The molecule has 0 aliphatic carbocycles. The van der Waals surface area contributed by atoms with Gasteiger partial charge in [-0.1, -0.05) is 24.3 Å². The van der Waals surface area contributed by atoms with Gasteiger partial charge in [0.2, 0.25) is 0 Å². The summed E-state index contributed by atoms with van der Waals surface area (Å²) in [5.74, 6) is 0. The Labute approximate surface area is 115 Å². The minimum absolute atomic E-state index is 0.398. The van der Waals surface area contributed by atoms with Gasteiger partial charge in [0, 0.05) is 30.2 Å². The number of nitrogens with zero attached hydrogens (tertiary/aromatic N) is 2. The molecule has 1 N–H and O–H groups in total. The van der Waals surface area contributed by atoms with Gasteiger partial charge in [-0.2, -0.15) is 0 Å². The fraction of sp³-hybridized carbons (Fsp3) is 0.267. The Hall–Kier alpha value is -1.65. The maximum absolute atomic E-state index is 4.68. The highest BCUT2D eigenvalue weighted by molar-refractivity contribution is 7.15. The second-order valence-corrected chi connectivity index (χ2v) is 5.86. The van der Waals surface area contributed by atoms with Crippen molar-refractivity contribution in [3.8, 4) is 0 Å². The zero-order chi connectivity index (χ0) is 12.7. The predicted molar refractivity (Wildman–Crippen MR) is 77.7 cm³/mol. The van der Waals surface area contributed by atoms with Gasteiger partial charge in [0.25, 0.3) is 0 Å². The Morgan fingerprint density at radius 1 is 1.37 bits per heavy atom. The summed E-state index contributed by atoms with van der Waals surface area (Å²) in [6.07, 6.45) is 6.31. The summed E-state index contributed by atoms with van der Waals surface area (Å²) in [6, 6.07) is 9.15. The number of aromatic nitrogens is 2. The van der Waals surface area contributed by atoms with Crippen LogP contribution in [-0.2, 0) is 12.8 Å². The third kappa shape index (κ3) is 1.97. The molecule has 3 aromatic rings. The van der Waals surface area contributed by atoms with E-state index in [-0.39, 0.29) is 0 Å². The van der Waals surface area contributed by atoms with Gasteiger partial charge in [-0.05, 0) is 24.1 Å². The molecule has 0 amide bonds. The molecule has 1 aliphatic rings. The van der Waals surface area contributed by atoms with Crippen LogP contribution in [0.25, 0.3) is 4.96 Å². The predicted octanol–water partition coefficient (Wildman–Crippen LogP) is 2.83. The lowest BCUT2D eigenvalue weighted by Gasteiger charge is -2.26. The topological polar surface area (TPSA) is 29.3 Å². The molecule has 2 aromatic heterocycles. The van der Waals surface area contributed by atoms with Crippen LogP contribution in [0.3, 0.4) is 0 Å². The molecule has 1 unspecified atom stereocenters. The summed E-state index contributed by atoms with van der Waals surface area (Å²) in [4.78, 5) is 5.76. The van der Waals surface area contributed by atoms with Crippen LogP contribution in [0.5, 0.6) is 0 Å². The number of thiazole rings is 1. The number of hydrogen-bond donors (Lipinski definition) is 1. The number of imidazole rings is 1. The Kier molecular flexibility index (Phi) is 2.64. The molecule has 3 heterocycles. The van der Waals surface area contributed by atoms with Gasteiger partial charge in [0.15, 0.2) is 4.96 Å². The van der Waals surface area contributed by atoms with Crippen molar-refractivity contribution in [1.29, 1.82) is 0 Å². The van der Waals surface area contributed by atoms with E-state index in [0.29, 0.717) is 6.04 Å². The number of hydrogen-bond acceptors (Lipinski definition) is 3. The minimum Gasteiger partial charge on any atom is -0.309 e. The van der Waals surface area contributed by atoms with Crippen LogP contribution in [0, 0.1) is 0 Å². The molecular weight excluding hydrogens is 254 g/mol. The van der Waals surface area contributed by atoms with Gasteiger partial charge in [0.1, 0.15) is 0 Å². The molecule has 0 radical (unpaired) electrons. The van der Waals surface area contributed by atoms with Crippen LogP contribution in [-0.4, -0.2) is 15.9 Å². The zero-order valence-electron chi connectivity index (χ0n) is 10.5. The molecular formula is C15H15N3S. The molecule has 0 spiro atoms. The van der Waals surface area contributed by atoms with E-state index in [9.17, 15) is 0 Å². The third-order valence-electron chi connectivity index (χ3n) is 3.77. The van der Waals surface area contributed by atoms with Gasteiger partial charge in [-0.3, -0.25) is 4.40 Å². The maximum Gasteiger partial charge on any atom is 0.193 e. The monoisotopic (exact) mass is 269 g/mol. The molecule has 3 nitrogen and oxygen atoms in total. The summed E-state index contributed by atoms with van der Waals surface area (Å²) in [5, 5.41) is 5.68. The molecule has 1 aliphatic heterocycles. The lowest BCUT2D eigenvalue weighted by molar-refractivity contribution is 0.499. The van der Waals surface area contributed by atoms with Gasteiger partial charge >= 0.3 is 0 Å². The molecule has 19 heavy (non-hydrogen) atoms. The highest BCUT2D eigenvalue weighted by atomic mass is 32.1. The molecule has 96 valence electrons. The minimum atomic E-state index is 0.398. The first-order valence-electron chi connectivity index (χ1n) is 6.62. The summed E-state index contributed by atoms with van der Waals surface area (Å²) >= 11 is 1.69. The standard InChI is InChI=1S/C15H15N3S/c1-2-4-13-11(3-1)5-6-16-14(13)9-12-10-18-7-8-19-15(18)17-12/h1-4,7-8,10,14,16H,5-6,9H2. The van der Waals surface area contributed by atoms with Gasteiger partial charge in [-0.15, -0.1) is 11.3 Å². The summed E-state index contributed by atoms with van der Waals surface area (Å²) in [7, 11) is 0. The first-order chi connectivity index (χ1) is 9.40. The Morgan fingerprint density at radius 3 is 3.26 bits per heavy atom. The average molecular weight is 269 g/mol. The second-order valence-electron chi connectivity index (χ2n) is 4.98. The first-order valence-corrected chi connectivity index (χ1v) is 7.50. The zero-order valence-corrected chi connectivity index (χ0v) is 11.4. The lowest BCUT2D eigenvalue weighted by Crippen LogP contribution is -2.31. The largest absolute Gasteiger partial charge is 0.309 e. The molecule has 1 aromatic carbocycles. The van der Waals surface area contributed by atoms with Crippen molar-refractivity contribution in [3.05, 3.63) is 58.9 Å². The van der Waals surface area contributed by atoms with Crippen molar-refractivity contribution in [2.24, 2.45) is 0 Å². The quantitative estimate of drug-likeness (QED) is 0.775. The van der Waals surface area contributed by atoms with Gasteiger partial charge < -0.3 is 5.32 Å². The van der Waals surface area contributed by atoms with E-state index in [1.165, 1.54) is 16.8 Å². The third-order valence-corrected chi connectivity index (χ3v) is 4.54. The van der Waals surface area contributed by atoms with Crippen molar-refractivity contribution >= 4 is 16.3 Å². The maximum atomic E-state index is 4.68. The van der Waals surface area contributed by atoms with E-state index in [1.54, 1.807) is 11.3 Å². The van der Waals surface area contributed by atoms with Crippen LogP contribution in [0.15, 0.2) is 42.0 Å². The number of benzene rings is 1. The molecule has 0 fully saturated rings. The van der Waals surface area contributed by atoms with E-state index in [0.717, 1.165) is 24.3 Å². The lowest BCUT2D eigenvalue weighted by atomic mass is 9.92. The van der Waals surface area contributed by atoms with Crippen LogP contribution < -0.4 is 5.32 Å². The van der Waals surface area contributed by atoms with Gasteiger partial charge in [0.05, 0.1) is 5.69 Å².